The van der Waals surface area contributed by atoms with E-state index < -0.39 is 17.5 Å². The van der Waals surface area contributed by atoms with Gasteiger partial charge in [0.1, 0.15) is 0 Å². The van der Waals surface area contributed by atoms with Gasteiger partial charge in [-0.25, -0.2) is 13.8 Å². The van der Waals surface area contributed by atoms with Crippen LogP contribution in [0.1, 0.15) is 37.9 Å². The smallest absolute Gasteiger partial charge is 0.222 e. The van der Waals surface area contributed by atoms with Gasteiger partial charge < -0.3 is 11.1 Å². The van der Waals surface area contributed by atoms with Crippen LogP contribution in [0.25, 0.3) is 22.3 Å². The van der Waals surface area contributed by atoms with Gasteiger partial charge in [0, 0.05) is 53.5 Å². The molecule has 3 N–H and O–H groups in total. The minimum absolute atomic E-state index is 0.00464. The standard InChI is InChI=1S/C26H23ClF2N6O/c1-14(36)34-26-20(28)9-17(11-32-26)18-12-33-35(13-18)23(8-15-2-3-15)22-7-4-16(10-31-22)24-21(30)6-5-19(27)25(24)29/h4-7,9-13,15,23H,2-3,8,30H2,1H3,(H,32,34,36). The second-order valence-electron chi connectivity index (χ2n) is 8.94. The first-order valence-electron chi connectivity index (χ1n) is 11.5. The summed E-state index contributed by atoms with van der Waals surface area (Å²) in [5.74, 6) is -1.16. The second kappa shape index (κ2) is 9.66. The lowest BCUT2D eigenvalue weighted by Crippen LogP contribution is -2.13. The van der Waals surface area contributed by atoms with Crippen LogP contribution in [-0.2, 0) is 4.79 Å². The maximum absolute atomic E-state index is 14.6. The number of nitrogens with two attached hydrogens (primary N) is 1. The van der Waals surface area contributed by atoms with Crippen LogP contribution in [0.3, 0.4) is 0 Å². The highest BCUT2D eigenvalue weighted by Gasteiger charge is 2.29. The Hall–Kier alpha value is -3.85. The van der Waals surface area contributed by atoms with Gasteiger partial charge in [-0.1, -0.05) is 30.5 Å². The summed E-state index contributed by atoms with van der Waals surface area (Å²) in [4.78, 5) is 19.8. The van der Waals surface area contributed by atoms with E-state index in [0.717, 1.165) is 25.0 Å². The molecule has 0 radical (unpaired) electrons. The second-order valence-corrected chi connectivity index (χ2v) is 9.34. The Bertz CT molecular complexity index is 1440. The summed E-state index contributed by atoms with van der Waals surface area (Å²) < 4.78 is 30.8. The zero-order chi connectivity index (χ0) is 25.4. The number of carbonyl (C=O) groups is 1. The minimum atomic E-state index is -0.630. The summed E-state index contributed by atoms with van der Waals surface area (Å²) in [6, 6.07) is 7.76. The molecule has 3 aromatic heterocycles. The summed E-state index contributed by atoms with van der Waals surface area (Å²) in [5, 5.41) is 6.88. The van der Waals surface area contributed by atoms with Crippen LogP contribution < -0.4 is 11.1 Å². The third-order valence-corrected chi connectivity index (χ3v) is 6.48. The molecule has 1 unspecified atom stereocenters. The number of nitrogens with zero attached hydrogens (tertiary/aromatic N) is 4. The van der Waals surface area contributed by atoms with E-state index in [2.05, 4.69) is 20.4 Å². The van der Waals surface area contributed by atoms with Crippen LogP contribution in [0.4, 0.5) is 20.3 Å². The fourth-order valence-corrected chi connectivity index (χ4v) is 4.31. The van der Waals surface area contributed by atoms with E-state index in [4.69, 9.17) is 17.3 Å². The molecular formula is C26H23ClF2N6O. The molecule has 1 fully saturated rings. The first-order chi connectivity index (χ1) is 17.3. The van der Waals surface area contributed by atoms with Crippen molar-refractivity contribution in [3.8, 4) is 22.3 Å². The van der Waals surface area contributed by atoms with Crippen LogP contribution >= 0.6 is 11.6 Å². The van der Waals surface area contributed by atoms with Crippen molar-refractivity contribution in [2.45, 2.75) is 32.2 Å². The highest BCUT2D eigenvalue weighted by molar-refractivity contribution is 6.31. The summed E-state index contributed by atoms with van der Waals surface area (Å²) in [5.41, 5.74) is 9.01. The van der Waals surface area contributed by atoms with Crippen molar-refractivity contribution < 1.29 is 13.6 Å². The number of pyridine rings is 2. The largest absolute Gasteiger partial charge is 0.398 e. The predicted octanol–water partition coefficient (Wildman–Crippen LogP) is 5.87. The van der Waals surface area contributed by atoms with E-state index in [1.807, 2.05) is 16.9 Å². The lowest BCUT2D eigenvalue weighted by Gasteiger charge is -2.18. The van der Waals surface area contributed by atoms with E-state index in [1.165, 1.54) is 25.3 Å². The third kappa shape index (κ3) is 4.92. The van der Waals surface area contributed by atoms with Crippen molar-refractivity contribution in [2.24, 2.45) is 5.92 Å². The fourth-order valence-electron chi connectivity index (χ4n) is 4.15. The lowest BCUT2D eigenvalue weighted by molar-refractivity contribution is -0.114. The van der Waals surface area contributed by atoms with Crippen molar-refractivity contribution >= 4 is 29.0 Å². The summed E-state index contributed by atoms with van der Waals surface area (Å²) in [6.45, 7) is 1.29. The van der Waals surface area contributed by atoms with E-state index in [1.54, 1.807) is 24.5 Å². The van der Waals surface area contributed by atoms with E-state index in [0.29, 0.717) is 22.6 Å². The Labute approximate surface area is 211 Å². The quantitative estimate of drug-likeness (QED) is 0.304. The zero-order valence-corrected chi connectivity index (χ0v) is 20.1. The van der Waals surface area contributed by atoms with Crippen LogP contribution in [0, 0.1) is 17.6 Å². The van der Waals surface area contributed by atoms with Gasteiger partial charge in [0.2, 0.25) is 5.91 Å². The number of halogens is 3. The molecule has 7 nitrogen and oxygen atoms in total. The number of anilines is 2. The lowest BCUT2D eigenvalue weighted by atomic mass is 10.0. The number of aromatic nitrogens is 4. The highest BCUT2D eigenvalue weighted by atomic mass is 35.5. The molecule has 184 valence electrons. The van der Waals surface area contributed by atoms with E-state index in [9.17, 15) is 13.6 Å². The Balaban J connectivity index is 1.44. The molecular weight excluding hydrogens is 486 g/mol. The van der Waals surface area contributed by atoms with Gasteiger partial charge in [-0.15, -0.1) is 0 Å². The summed E-state index contributed by atoms with van der Waals surface area (Å²) in [6.07, 6.45) is 9.68. The topological polar surface area (TPSA) is 98.7 Å². The Morgan fingerprint density at radius 3 is 2.58 bits per heavy atom. The van der Waals surface area contributed by atoms with Crippen LogP contribution in [0.5, 0.6) is 0 Å². The fraction of sp³-hybridized carbons (Fsp3) is 0.231. The van der Waals surface area contributed by atoms with Gasteiger partial charge in [0.25, 0.3) is 0 Å². The summed E-state index contributed by atoms with van der Waals surface area (Å²) >= 11 is 5.95. The Kier molecular flexibility index (Phi) is 6.40. The van der Waals surface area contributed by atoms with Gasteiger partial charge >= 0.3 is 0 Å². The predicted molar refractivity (Wildman–Crippen MR) is 134 cm³/mol. The molecule has 1 aliphatic rings. The minimum Gasteiger partial charge on any atom is -0.398 e. The average molecular weight is 509 g/mol. The molecule has 3 heterocycles. The molecule has 1 amide bonds. The normalized spacial score (nSPS) is 14.0. The average Bonchev–Trinajstić information content (AvgIpc) is 3.55. The highest BCUT2D eigenvalue weighted by Crippen LogP contribution is 2.40. The number of rotatable bonds is 7. The molecule has 1 aromatic carbocycles. The molecule has 0 aliphatic heterocycles. The number of nitrogens with one attached hydrogen (secondary N) is 1. The van der Waals surface area contributed by atoms with E-state index >= 15 is 0 Å². The maximum Gasteiger partial charge on any atom is 0.222 e. The number of carbonyl (C=O) groups excluding carboxylic acids is 1. The molecule has 1 atom stereocenters. The number of nitrogen functional groups attached to an aromatic ring is 1. The molecule has 0 bridgehead atoms. The SMILES string of the molecule is CC(=O)Nc1ncc(-c2cnn(C(CC3CC3)c3ccc(-c4c(N)ccc(Cl)c4F)cn3)c2)cc1F. The molecule has 10 heteroatoms. The van der Waals surface area contributed by atoms with Crippen molar-refractivity contribution in [3.63, 3.8) is 0 Å². The van der Waals surface area contributed by atoms with Gasteiger partial charge in [-0.05, 0) is 36.6 Å². The molecule has 4 aromatic rings. The van der Waals surface area contributed by atoms with Crippen molar-refractivity contribution in [3.05, 3.63) is 77.5 Å². The molecule has 1 saturated carbocycles. The van der Waals surface area contributed by atoms with Gasteiger partial charge in [0.15, 0.2) is 17.5 Å². The first kappa shape index (κ1) is 23.9. The molecule has 5 rings (SSSR count). The number of amides is 1. The monoisotopic (exact) mass is 508 g/mol. The molecule has 1 aliphatic carbocycles. The van der Waals surface area contributed by atoms with Gasteiger partial charge in [-0.2, -0.15) is 5.10 Å². The maximum atomic E-state index is 14.6. The molecule has 0 saturated heterocycles. The Morgan fingerprint density at radius 1 is 1.14 bits per heavy atom. The van der Waals surface area contributed by atoms with Gasteiger partial charge in [0.05, 0.1) is 23.0 Å². The number of benzene rings is 1. The number of hydrogen-bond acceptors (Lipinski definition) is 5. The van der Waals surface area contributed by atoms with Crippen molar-refractivity contribution in [2.75, 3.05) is 11.1 Å². The van der Waals surface area contributed by atoms with Crippen molar-refractivity contribution in [1.29, 1.82) is 0 Å². The van der Waals surface area contributed by atoms with E-state index in [-0.39, 0.29) is 28.1 Å². The first-order valence-corrected chi connectivity index (χ1v) is 11.9. The van der Waals surface area contributed by atoms with Crippen LogP contribution in [-0.4, -0.2) is 25.7 Å². The van der Waals surface area contributed by atoms with Crippen LogP contribution in [0.15, 0.2) is 55.1 Å². The van der Waals surface area contributed by atoms with Crippen molar-refractivity contribution in [1.82, 2.24) is 19.7 Å². The molecule has 36 heavy (non-hydrogen) atoms. The summed E-state index contributed by atoms with van der Waals surface area (Å²) in [7, 11) is 0. The van der Waals surface area contributed by atoms with Crippen LogP contribution in [0.2, 0.25) is 5.02 Å². The van der Waals surface area contributed by atoms with Gasteiger partial charge in [-0.3, -0.25) is 14.5 Å². The third-order valence-electron chi connectivity index (χ3n) is 6.19. The molecule has 0 spiro atoms. The Morgan fingerprint density at radius 2 is 1.92 bits per heavy atom. The zero-order valence-electron chi connectivity index (χ0n) is 19.4. The number of hydrogen-bond donors (Lipinski definition) is 2.